The molecule has 2 aromatic carbocycles. The highest BCUT2D eigenvalue weighted by Gasteiger charge is 2.33. The summed E-state index contributed by atoms with van der Waals surface area (Å²) in [5.74, 6) is -0.950. The summed E-state index contributed by atoms with van der Waals surface area (Å²) in [6, 6.07) is 10.2. The summed E-state index contributed by atoms with van der Waals surface area (Å²) >= 11 is 0. The van der Waals surface area contributed by atoms with E-state index in [4.69, 9.17) is 0 Å². The maximum Gasteiger partial charge on any atom is 0.573 e. The van der Waals surface area contributed by atoms with Crippen molar-refractivity contribution in [3.63, 3.8) is 0 Å². The van der Waals surface area contributed by atoms with Gasteiger partial charge in [-0.05, 0) is 36.4 Å². The van der Waals surface area contributed by atoms with Gasteiger partial charge in [-0.1, -0.05) is 6.07 Å². The summed E-state index contributed by atoms with van der Waals surface area (Å²) in [4.78, 5) is 1.65. The molecule has 0 saturated carbocycles. The van der Waals surface area contributed by atoms with Gasteiger partial charge in [0.25, 0.3) is 0 Å². The molecule has 0 bridgehead atoms. The number of alkyl halides is 3. The summed E-state index contributed by atoms with van der Waals surface area (Å²) in [5, 5.41) is 0. The average Bonchev–Trinajstić information content (AvgIpc) is 2.61. The maximum atomic E-state index is 13.0. The number of anilines is 1. The lowest BCUT2D eigenvalue weighted by molar-refractivity contribution is -0.274. The predicted molar refractivity (Wildman–Crippen MR) is 90.5 cm³/mol. The van der Waals surface area contributed by atoms with Gasteiger partial charge in [0, 0.05) is 37.9 Å². The van der Waals surface area contributed by atoms with Gasteiger partial charge in [-0.2, -0.15) is 4.31 Å². The van der Waals surface area contributed by atoms with Crippen molar-refractivity contribution in [3.8, 4) is 5.75 Å². The Kier molecular flexibility index (Phi) is 5.29. The fourth-order valence-corrected chi connectivity index (χ4v) is 4.28. The zero-order valence-electron chi connectivity index (χ0n) is 14.0. The number of hydrogen-bond donors (Lipinski definition) is 0. The van der Waals surface area contributed by atoms with Crippen LogP contribution in [0.5, 0.6) is 5.75 Å². The van der Waals surface area contributed by atoms with Gasteiger partial charge in [-0.15, -0.1) is 13.2 Å². The molecule has 10 heteroatoms. The van der Waals surface area contributed by atoms with Crippen molar-refractivity contribution < 1.29 is 30.7 Å². The highest BCUT2D eigenvalue weighted by Crippen LogP contribution is 2.27. The lowest BCUT2D eigenvalue weighted by atomic mass is 10.2. The van der Waals surface area contributed by atoms with Crippen molar-refractivity contribution in [2.75, 3.05) is 31.1 Å². The summed E-state index contributed by atoms with van der Waals surface area (Å²) < 4.78 is 80.5. The van der Waals surface area contributed by atoms with Crippen LogP contribution in [0.3, 0.4) is 0 Å². The molecule has 0 aliphatic carbocycles. The molecule has 5 nitrogen and oxygen atoms in total. The summed E-state index contributed by atoms with van der Waals surface area (Å²) in [5.41, 5.74) is 0.772. The highest BCUT2D eigenvalue weighted by molar-refractivity contribution is 7.89. The smallest absolute Gasteiger partial charge is 0.406 e. The highest BCUT2D eigenvalue weighted by atomic mass is 32.2. The molecule has 27 heavy (non-hydrogen) atoms. The predicted octanol–water partition coefficient (Wildman–Crippen LogP) is 3.24. The first kappa shape index (κ1) is 19.4. The molecule has 0 aromatic heterocycles. The number of halogens is 4. The van der Waals surface area contributed by atoms with Gasteiger partial charge in [0.1, 0.15) is 11.6 Å². The zero-order valence-corrected chi connectivity index (χ0v) is 14.8. The molecular formula is C17H16F4N2O3S. The van der Waals surface area contributed by atoms with E-state index in [-0.39, 0.29) is 23.8 Å². The van der Waals surface area contributed by atoms with E-state index >= 15 is 0 Å². The van der Waals surface area contributed by atoms with Gasteiger partial charge in [-0.3, -0.25) is 0 Å². The number of benzene rings is 2. The lowest BCUT2D eigenvalue weighted by Crippen LogP contribution is -2.48. The molecule has 0 radical (unpaired) electrons. The molecule has 1 aliphatic rings. The van der Waals surface area contributed by atoms with Crippen LogP contribution < -0.4 is 9.64 Å². The fraction of sp³-hybridized carbons (Fsp3) is 0.294. The molecule has 146 valence electrons. The monoisotopic (exact) mass is 404 g/mol. The fourth-order valence-electron chi connectivity index (χ4n) is 2.82. The number of ether oxygens (including phenoxy) is 1. The molecule has 1 saturated heterocycles. The molecule has 0 atom stereocenters. The van der Waals surface area contributed by atoms with Crippen molar-refractivity contribution >= 4 is 15.7 Å². The molecule has 1 heterocycles. The second kappa shape index (κ2) is 7.35. The van der Waals surface area contributed by atoms with Gasteiger partial charge in [0.15, 0.2) is 0 Å². The third-order valence-electron chi connectivity index (χ3n) is 4.11. The Hall–Kier alpha value is -2.33. The van der Waals surface area contributed by atoms with Crippen LogP contribution >= 0.6 is 0 Å². The standard InChI is InChI=1S/C17H16F4N2O3S/c18-13-4-6-14(7-5-13)22-8-10-23(11-9-22)27(24,25)16-3-1-2-15(12-16)26-17(19,20)21/h1-7,12H,8-11H2. The first-order valence-corrected chi connectivity index (χ1v) is 9.46. The quantitative estimate of drug-likeness (QED) is 0.735. The Morgan fingerprint density at radius 3 is 2.15 bits per heavy atom. The van der Waals surface area contributed by atoms with Crippen LogP contribution in [-0.2, 0) is 10.0 Å². The minimum Gasteiger partial charge on any atom is -0.406 e. The van der Waals surface area contributed by atoms with Gasteiger partial charge in [-0.25, -0.2) is 12.8 Å². The number of piperazine rings is 1. The van der Waals surface area contributed by atoms with E-state index in [0.29, 0.717) is 13.1 Å². The van der Waals surface area contributed by atoms with E-state index < -0.39 is 22.1 Å². The number of rotatable bonds is 4. The zero-order chi connectivity index (χ0) is 19.7. The molecule has 2 aromatic rings. The van der Waals surface area contributed by atoms with Gasteiger partial charge >= 0.3 is 6.36 Å². The van der Waals surface area contributed by atoms with Gasteiger partial charge < -0.3 is 9.64 Å². The van der Waals surface area contributed by atoms with Crippen molar-refractivity contribution in [3.05, 3.63) is 54.3 Å². The molecule has 1 fully saturated rings. The van der Waals surface area contributed by atoms with E-state index in [1.54, 1.807) is 12.1 Å². The van der Waals surface area contributed by atoms with E-state index in [0.717, 1.165) is 17.8 Å². The van der Waals surface area contributed by atoms with Crippen LogP contribution in [-0.4, -0.2) is 45.3 Å². The van der Waals surface area contributed by atoms with Crippen LogP contribution in [0.15, 0.2) is 53.4 Å². The van der Waals surface area contributed by atoms with E-state index in [1.807, 2.05) is 4.90 Å². The Morgan fingerprint density at radius 2 is 1.56 bits per heavy atom. The second-order valence-electron chi connectivity index (χ2n) is 5.89. The van der Waals surface area contributed by atoms with Crippen molar-refractivity contribution in [2.45, 2.75) is 11.3 Å². The van der Waals surface area contributed by atoms with E-state index in [1.165, 1.54) is 28.6 Å². The number of hydrogen-bond acceptors (Lipinski definition) is 4. The summed E-state index contributed by atoms with van der Waals surface area (Å²) in [6.45, 7) is 1.07. The Labute approximate surface area is 153 Å². The SMILES string of the molecule is O=S(=O)(c1cccc(OC(F)(F)F)c1)N1CCN(c2ccc(F)cc2)CC1. The van der Waals surface area contributed by atoms with Crippen LogP contribution in [0.1, 0.15) is 0 Å². The molecular weight excluding hydrogens is 388 g/mol. The Bertz CT molecular complexity index is 893. The lowest BCUT2D eigenvalue weighted by Gasteiger charge is -2.35. The normalized spacial score (nSPS) is 16.4. The van der Waals surface area contributed by atoms with Crippen LogP contribution in [0.2, 0.25) is 0 Å². The Morgan fingerprint density at radius 1 is 0.926 bits per heavy atom. The molecule has 3 rings (SSSR count). The summed E-state index contributed by atoms with van der Waals surface area (Å²) in [6.07, 6.45) is -4.90. The molecule has 1 aliphatic heterocycles. The van der Waals surface area contributed by atoms with Crippen LogP contribution in [0.4, 0.5) is 23.2 Å². The second-order valence-corrected chi connectivity index (χ2v) is 7.83. The topological polar surface area (TPSA) is 49.9 Å². The molecule has 0 unspecified atom stereocenters. The minimum absolute atomic E-state index is 0.157. The van der Waals surface area contributed by atoms with Crippen LogP contribution in [0.25, 0.3) is 0 Å². The Balaban J connectivity index is 1.71. The van der Waals surface area contributed by atoms with E-state index in [9.17, 15) is 26.0 Å². The van der Waals surface area contributed by atoms with Gasteiger partial charge in [0.05, 0.1) is 4.90 Å². The summed E-state index contributed by atoms with van der Waals surface area (Å²) in [7, 11) is -3.95. The average molecular weight is 404 g/mol. The molecule has 0 spiro atoms. The number of sulfonamides is 1. The third-order valence-corrected chi connectivity index (χ3v) is 6.00. The largest absolute Gasteiger partial charge is 0.573 e. The van der Waals surface area contributed by atoms with Crippen molar-refractivity contribution in [1.82, 2.24) is 4.31 Å². The van der Waals surface area contributed by atoms with Crippen molar-refractivity contribution in [2.24, 2.45) is 0 Å². The molecule has 0 N–H and O–H groups in total. The van der Waals surface area contributed by atoms with E-state index in [2.05, 4.69) is 4.74 Å². The number of nitrogens with zero attached hydrogens (tertiary/aromatic N) is 2. The first-order chi connectivity index (χ1) is 12.6. The van der Waals surface area contributed by atoms with Gasteiger partial charge in [0.2, 0.25) is 10.0 Å². The van der Waals surface area contributed by atoms with Crippen molar-refractivity contribution in [1.29, 1.82) is 0 Å². The van der Waals surface area contributed by atoms with Crippen LogP contribution in [0, 0.1) is 5.82 Å². The third kappa shape index (κ3) is 4.69. The molecule has 0 amide bonds. The first-order valence-electron chi connectivity index (χ1n) is 8.02. The minimum atomic E-state index is -4.90. The maximum absolute atomic E-state index is 13.0.